The maximum atomic E-state index is 13.1. The molecule has 0 bridgehead atoms. The van der Waals surface area contributed by atoms with Gasteiger partial charge in [-0.3, -0.25) is 4.79 Å². The summed E-state index contributed by atoms with van der Waals surface area (Å²) >= 11 is 0. The Labute approximate surface area is 166 Å². The highest BCUT2D eigenvalue weighted by Gasteiger charge is 2.35. The molecule has 2 aliphatic rings. The van der Waals surface area contributed by atoms with E-state index in [-0.39, 0.29) is 29.3 Å². The van der Waals surface area contributed by atoms with Crippen LogP contribution in [0.15, 0.2) is 23.1 Å². The van der Waals surface area contributed by atoms with Crippen molar-refractivity contribution in [1.29, 1.82) is 0 Å². The second kappa shape index (κ2) is 9.09. The number of nitrogens with zero attached hydrogens (tertiary/aromatic N) is 2. The van der Waals surface area contributed by atoms with Crippen molar-refractivity contribution in [3.05, 3.63) is 18.2 Å². The molecular formula is C17H26ClN3O5S. The smallest absolute Gasteiger partial charge is 0.243 e. The molecule has 3 rings (SSSR count). The van der Waals surface area contributed by atoms with E-state index in [1.807, 2.05) is 4.90 Å². The summed E-state index contributed by atoms with van der Waals surface area (Å²) in [6, 6.07) is 4.55. The standard InChI is InChI=1S/C17H25N3O5S.ClH/c1-24-14-8-15(25-2)10-16(9-14)26(22,23)19-6-3-4-13(12-19)20-7-5-18-11-17(20)21;/h8-10,13,18H,3-7,11-12H2,1-2H3;1H. The number of piperidine rings is 1. The zero-order valence-corrected chi connectivity index (χ0v) is 17.1. The maximum Gasteiger partial charge on any atom is 0.243 e. The number of nitrogens with one attached hydrogen (secondary N) is 1. The summed E-state index contributed by atoms with van der Waals surface area (Å²) in [6.07, 6.45) is 1.54. The van der Waals surface area contributed by atoms with E-state index in [9.17, 15) is 13.2 Å². The van der Waals surface area contributed by atoms with Crippen LogP contribution in [0.4, 0.5) is 0 Å². The van der Waals surface area contributed by atoms with Crippen molar-refractivity contribution in [2.75, 3.05) is 46.9 Å². The Morgan fingerprint density at radius 1 is 1.11 bits per heavy atom. The van der Waals surface area contributed by atoms with Crippen molar-refractivity contribution >= 4 is 28.3 Å². The monoisotopic (exact) mass is 419 g/mol. The summed E-state index contributed by atoms with van der Waals surface area (Å²) in [7, 11) is -0.728. The minimum Gasteiger partial charge on any atom is -0.497 e. The zero-order valence-electron chi connectivity index (χ0n) is 15.5. The molecule has 27 heavy (non-hydrogen) atoms. The molecule has 0 aromatic heterocycles. The fourth-order valence-corrected chi connectivity index (χ4v) is 5.05. The summed E-state index contributed by atoms with van der Waals surface area (Å²) in [5.41, 5.74) is 0. The number of rotatable bonds is 5. The number of piperazine rings is 1. The lowest BCUT2D eigenvalue weighted by atomic mass is 10.1. The highest BCUT2D eigenvalue weighted by molar-refractivity contribution is 7.89. The number of carbonyl (C=O) groups excluding carboxylic acids is 1. The van der Waals surface area contributed by atoms with Crippen LogP contribution in [0.25, 0.3) is 0 Å². The molecule has 1 atom stereocenters. The molecule has 0 spiro atoms. The van der Waals surface area contributed by atoms with E-state index < -0.39 is 10.0 Å². The molecule has 0 saturated carbocycles. The number of carbonyl (C=O) groups is 1. The quantitative estimate of drug-likeness (QED) is 0.756. The highest BCUT2D eigenvalue weighted by Crippen LogP contribution is 2.29. The molecule has 1 aromatic carbocycles. The first-order valence-corrected chi connectivity index (χ1v) is 10.1. The van der Waals surface area contributed by atoms with Crippen molar-refractivity contribution in [2.24, 2.45) is 0 Å². The van der Waals surface area contributed by atoms with Gasteiger partial charge in [0.15, 0.2) is 0 Å². The van der Waals surface area contributed by atoms with Crippen LogP contribution >= 0.6 is 12.4 Å². The first kappa shape index (κ1) is 21.7. The van der Waals surface area contributed by atoms with Gasteiger partial charge in [0.1, 0.15) is 11.5 Å². The van der Waals surface area contributed by atoms with Gasteiger partial charge in [0.05, 0.1) is 25.7 Å². The molecule has 152 valence electrons. The van der Waals surface area contributed by atoms with Crippen molar-refractivity contribution in [1.82, 2.24) is 14.5 Å². The van der Waals surface area contributed by atoms with Crippen LogP contribution in [-0.4, -0.2) is 76.5 Å². The second-order valence-electron chi connectivity index (χ2n) is 6.47. The van der Waals surface area contributed by atoms with E-state index in [0.717, 1.165) is 19.4 Å². The van der Waals surface area contributed by atoms with Crippen LogP contribution in [0.5, 0.6) is 11.5 Å². The van der Waals surface area contributed by atoms with Gasteiger partial charge in [-0.05, 0) is 12.8 Å². The molecule has 2 aliphatic heterocycles. The molecule has 2 saturated heterocycles. The Kier molecular flexibility index (Phi) is 7.32. The Hall–Kier alpha value is -1.55. The lowest BCUT2D eigenvalue weighted by Gasteiger charge is -2.40. The largest absolute Gasteiger partial charge is 0.497 e. The number of hydrogen-bond donors (Lipinski definition) is 1. The molecule has 1 aromatic rings. The third-order valence-electron chi connectivity index (χ3n) is 4.89. The minimum atomic E-state index is -3.70. The first-order chi connectivity index (χ1) is 12.5. The second-order valence-corrected chi connectivity index (χ2v) is 8.41. The molecule has 2 heterocycles. The van der Waals surface area contributed by atoms with Crippen LogP contribution in [0.2, 0.25) is 0 Å². The molecule has 8 nitrogen and oxygen atoms in total. The van der Waals surface area contributed by atoms with Crippen LogP contribution < -0.4 is 14.8 Å². The third kappa shape index (κ3) is 4.66. The Morgan fingerprint density at radius 3 is 2.37 bits per heavy atom. The van der Waals surface area contributed by atoms with Gasteiger partial charge in [-0.15, -0.1) is 12.4 Å². The molecule has 10 heteroatoms. The molecule has 1 unspecified atom stereocenters. The SMILES string of the molecule is COc1cc(OC)cc(S(=O)(=O)N2CCCC(N3CCNCC3=O)C2)c1.Cl. The number of sulfonamides is 1. The fourth-order valence-electron chi connectivity index (χ4n) is 3.48. The van der Waals surface area contributed by atoms with Gasteiger partial charge in [0.2, 0.25) is 15.9 Å². The lowest BCUT2D eigenvalue weighted by Crippen LogP contribution is -2.57. The molecule has 0 radical (unpaired) electrons. The van der Waals surface area contributed by atoms with Gasteiger partial charge >= 0.3 is 0 Å². The van der Waals surface area contributed by atoms with E-state index in [1.165, 1.54) is 30.7 Å². The number of hydrogen-bond acceptors (Lipinski definition) is 6. The number of benzene rings is 1. The van der Waals surface area contributed by atoms with Crippen molar-refractivity contribution < 1.29 is 22.7 Å². The van der Waals surface area contributed by atoms with Crippen LogP contribution in [0.1, 0.15) is 12.8 Å². The van der Waals surface area contributed by atoms with E-state index in [2.05, 4.69) is 5.32 Å². The molecule has 1 amide bonds. The average Bonchev–Trinajstić information content (AvgIpc) is 2.68. The van der Waals surface area contributed by atoms with Crippen LogP contribution in [0, 0.1) is 0 Å². The number of amides is 1. The van der Waals surface area contributed by atoms with Crippen molar-refractivity contribution in [2.45, 2.75) is 23.8 Å². The maximum absolute atomic E-state index is 13.1. The Balaban J connectivity index is 0.00000261. The molecule has 1 N–H and O–H groups in total. The van der Waals surface area contributed by atoms with Gasteiger partial charge < -0.3 is 19.7 Å². The summed E-state index contributed by atoms with van der Waals surface area (Å²) in [4.78, 5) is 14.1. The molecule has 0 aliphatic carbocycles. The number of ether oxygens (including phenoxy) is 2. The van der Waals surface area contributed by atoms with Crippen molar-refractivity contribution in [3.63, 3.8) is 0 Å². The van der Waals surface area contributed by atoms with Gasteiger partial charge in [0.25, 0.3) is 0 Å². The van der Waals surface area contributed by atoms with Crippen molar-refractivity contribution in [3.8, 4) is 11.5 Å². The van der Waals surface area contributed by atoms with Gasteiger partial charge in [0, 0.05) is 50.4 Å². The highest BCUT2D eigenvalue weighted by atomic mass is 35.5. The Bertz CT molecular complexity index is 752. The fraction of sp³-hybridized carbons (Fsp3) is 0.588. The first-order valence-electron chi connectivity index (χ1n) is 8.69. The van der Waals surface area contributed by atoms with E-state index in [1.54, 1.807) is 6.07 Å². The van der Waals surface area contributed by atoms with Gasteiger partial charge in [-0.25, -0.2) is 8.42 Å². The van der Waals surface area contributed by atoms with Crippen LogP contribution in [0.3, 0.4) is 0 Å². The van der Waals surface area contributed by atoms with Gasteiger partial charge in [-0.1, -0.05) is 0 Å². The third-order valence-corrected chi connectivity index (χ3v) is 6.73. The molecular weight excluding hydrogens is 394 g/mol. The number of halogens is 1. The predicted molar refractivity (Wildman–Crippen MR) is 103 cm³/mol. The van der Waals surface area contributed by atoms with E-state index in [4.69, 9.17) is 9.47 Å². The minimum absolute atomic E-state index is 0. The van der Waals surface area contributed by atoms with E-state index in [0.29, 0.717) is 37.7 Å². The average molecular weight is 420 g/mol. The summed E-state index contributed by atoms with van der Waals surface area (Å²) in [5, 5.41) is 3.05. The van der Waals surface area contributed by atoms with Crippen LogP contribution in [-0.2, 0) is 14.8 Å². The normalized spacial score (nSPS) is 21.5. The predicted octanol–water partition coefficient (Wildman–Crippen LogP) is 0.711. The zero-order chi connectivity index (χ0) is 18.7. The summed E-state index contributed by atoms with van der Waals surface area (Å²) in [6.45, 7) is 2.43. The number of methoxy groups -OCH3 is 2. The summed E-state index contributed by atoms with van der Waals surface area (Å²) in [5.74, 6) is 0.881. The topological polar surface area (TPSA) is 88.2 Å². The van der Waals surface area contributed by atoms with E-state index >= 15 is 0 Å². The Morgan fingerprint density at radius 2 is 1.78 bits per heavy atom. The molecule has 2 fully saturated rings. The van der Waals surface area contributed by atoms with Gasteiger partial charge in [-0.2, -0.15) is 4.31 Å². The lowest BCUT2D eigenvalue weighted by molar-refractivity contribution is -0.135. The summed E-state index contributed by atoms with van der Waals surface area (Å²) < 4.78 is 38.1.